The fourth-order valence-electron chi connectivity index (χ4n) is 2.62. The highest BCUT2D eigenvalue weighted by molar-refractivity contribution is 5.66. The van der Waals surface area contributed by atoms with Crippen LogP contribution in [0.4, 0.5) is 0 Å². The smallest absolute Gasteiger partial charge is 0.303 e. The zero-order chi connectivity index (χ0) is 18.1. The summed E-state index contributed by atoms with van der Waals surface area (Å²) in [7, 11) is 3.29. The Morgan fingerprint density at radius 1 is 1.00 bits per heavy atom. The molecule has 0 unspecified atom stereocenters. The van der Waals surface area contributed by atoms with Crippen LogP contribution in [0.15, 0.2) is 54.6 Å². The Bertz CT molecular complexity index is 643. The van der Waals surface area contributed by atoms with Crippen molar-refractivity contribution in [1.29, 1.82) is 0 Å². The zero-order valence-corrected chi connectivity index (χ0v) is 14.9. The van der Waals surface area contributed by atoms with E-state index in [-0.39, 0.29) is 18.1 Å². The summed E-state index contributed by atoms with van der Waals surface area (Å²) in [4.78, 5) is 11.5. The summed E-state index contributed by atoms with van der Waals surface area (Å²) in [6.07, 6.45) is -0.383. The van der Waals surface area contributed by atoms with Gasteiger partial charge in [-0.15, -0.1) is 0 Å². The molecule has 5 heteroatoms. The number of carbonyl (C=O) groups excluding carboxylic acids is 1. The molecule has 2 rings (SSSR count). The van der Waals surface area contributed by atoms with E-state index < -0.39 is 0 Å². The Morgan fingerprint density at radius 3 is 2.24 bits per heavy atom. The average molecular weight is 343 g/mol. The second kappa shape index (κ2) is 9.81. The first-order chi connectivity index (χ1) is 12.1. The maximum absolute atomic E-state index is 11.5. The van der Waals surface area contributed by atoms with Gasteiger partial charge in [-0.3, -0.25) is 4.79 Å². The van der Waals surface area contributed by atoms with E-state index in [0.29, 0.717) is 13.2 Å². The molecule has 0 spiro atoms. The largest absolute Gasteiger partial charge is 0.497 e. The summed E-state index contributed by atoms with van der Waals surface area (Å²) in [5, 5.41) is 3.44. The Balaban J connectivity index is 2.10. The van der Waals surface area contributed by atoms with Gasteiger partial charge < -0.3 is 19.5 Å². The van der Waals surface area contributed by atoms with E-state index in [1.54, 1.807) is 14.2 Å². The van der Waals surface area contributed by atoms with Crippen LogP contribution in [-0.4, -0.2) is 33.3 Å². The molecule has 0 radical (unpaired) electrons. The van der Waals surface area contributed by atoms with Crippen molar-refractivity contribution >= 4 is 5.97 Å². The van der Waals surface area contributed by atoms with Crippen LogP contribution in [0.25, 0.3) is 0 Å². The summed E-state index contributed by atoms with van der Waals surface area (Å²) in [5.41, 5.74) is 2.04. The molecule has 0 aliphatic carbocycles. The normalized spacial score (nSPS) is 13.1. The summed E-state index contributed by atoms with van der Waals surface area (Å²) in [5.74, 6) is 0.449. The maximum Gasteiger partial charge on any atom is 0.303 e. The third-order valence-corrected chi connectivity index (χ3v) is 3.88. The summed E-state index contributed by atoms with van der Waals surface area (Å²) in [6, 6.07) is 17.6. The second-order valence-electron chi connectivity index (χ2n) is 5.70. The van der Waals surface area contributed by atoms with Gasteiger partial charge in [-0.05, 0) is 23.3 Å². The lowest BCUT2D eigenvalue weighted by atomic mass is 10.1. The number of ether oxygens (including phenoxy) is 3. The van der Waals surface area contributed by atoms with Crippen molar-refractivity contribution < 1.29 is 19.0 Å². The lowest BCUT2D eigenvalue weighted by molar-refractivity contribution is -0.146. The third kappa shape index (κ3) is 5.89. The number of nitrogens with one attached hydrogen (secondary N) is 1. The van der Waals surface area contributed by atoms with Crippen LogP contribution in [0, 0.1) is 0 Å². The van der Waals surface area contributed by atoms with Crippen molar-refractivity contribution in [2.24, 2.45) is 0 Å². The van der Waals surface area contributed by atoms with Crippen LogP contribution in [0.3, 0.4) is 0 Å². The molecule has 5 nitrogen and oxygen atoms in total. The summed E-state index contributed by atoms with van der Waals surface area (Å²) >= 11 is 0. The fraction of sp³-hybridized carbons (Fsp3) is 0.350. The molecular formula is C20H25NO4. The van der Waals surface area contributed by atoms with Gasteiger partial charge in [-0.2, -0.15) is 0 Å². The van der Waals surface area contributed by atoms with E-state index in [9.17, 15) is 4.79 Å². The first-order valence-corrected chi connectivity index (χ1v) is 8.22. The molecule has 0 saturated carbocycles. The maximum atomic E-state index is 11.5. The SMILES string of the molecule is COC[C@@H](NC[C@H](OC(C)=O)c1ccc(OC)cc1)c1ccccc1. The molecule has 2 aromatic carbocycles. The van der Waals surface area contributed by atoms with Crippen molar-refractivity contribution in [3.05, 3.63) is 65.7 Å². The second-order valence-corrected chi connectivity index (χ2v) is 5.70. The molecule has 0 aromatic heterocycles. The van der Waals surface area contributed by atoms with Gasteiger partial charge in [-0.1, -0.05) is 42.5 Å². The van der Waals surface area contributed by atoms with Crippen molar-refractivity contribution in [3.63, 3.8) is 0 Å². The highest BCUT2D eigenvalue weighted by atomic mass is 16.5. The van der Waals surface area contributed by atoms with Gasteiger partial charge in [0.25, 0.3) is 0 Å². The number of hydrogen-bond donors (Lipinski definition) is 1. The molecule has 0 heterocycles. The monoisotopic (exact) mass is 343 g/mol. The molecular weight excluding hydrogens is 318 g/mol. The number of methoxy groups -OCH3 is 2. The predicted octanol–water partition coefficient (Wildman–Crippen LogP) is 3.28. The van der Waals surface area contributed by atoms with Gasteiger partial charge in [-0.25, -0.2) is 0 Å². The molecule has 0 bridgehead atoms. The van der Waals surface area contributed by atoms with Gasteiger partial charge >= 0.3 is 5.97 Å². The van der Waals surface area contributed by atoms with E-state index in [1.165, 1.54) is 6.92 Å². The van der Waals surface area contributed by atoms with Crippen molar-refractivity contribution in [1.82, 2.24) is 5.32 Å². The molecule has 2 atom stereocenters. The minimum atomic E-state index is -0.383. The van der Waals surface area contributed by atoms with E-state index in [0.717, 1.165) is 16.9 Å². The zero-order valence-electron chi connectivity index (χ0n) is 14.9. The number of benzene rings is 2. The van der Waals surface area contributed by atoms with Crippen LogP contribution in [-0.2, 0) is 14.3 Å². The molecule has 0 aliphatic rings. The highest BCUT2D eigenvalue weighted by Gasteiger charge is 2.18. The van der Waals surface area contributed by atoms with Crippen LogP contribution < -0.4 is 10.1 Å². The molecule has 134 valence electrons. The standard InChI is InChI=1S/C20H25NO4/c1-15(22)25-20(17-9-11-18(24-3)12-10-17)13-21-19(14-23-2)16-7-5-4-6-8-16/h4-12,19-21H,13-14H2,1-3H3/t19-,20+/m1/s1. The number of hydrogen-bond acceptors (Lipinski definition) is 5. The molecule has 25 heavy (non-hydrogen) atoms. The summed E-state index contributed by atoms with van der Waals surface area (Å²) in [6.45, 7) is 2.43. The van der Waals surface area contributed by atoms with Crippen molar-refractivity contribution in [3.8, 4) is 5.75 Å². The van der Waals surface area contributed by atoms with Gasteiger partial charge in [0.05, 0.1) is 19.8 Å². The van der Waals surface area contributed by atoms with Gasteiger partial charge in [0, 0.05) is 20.6 Å². The van der Waals surface area contributed by atoms with E-state index in [4.69, 9.17) is 14.2 Å². The fourth-order valence-corrected chi connectivity index (χ4v) is 2.62. The van der Waals surface area contributed by atoms with Crippen molar-refractivity contribution in [2.45, 2.75) is 19.1 Å². The van der Waals surface area contributed by atoms with Crippen molar-refractivity contribution in [2.75, 3.05) is 27.4 Å². The van der Waals surface area contributed by atoms with Gasteiger partial charge in [0.1, 0.15) is 11.9 Å². The van der Waals surface area contributed by atoms with Gasteiger partial charge in [0.15, 0.2) is 0 Å². The topological polar surface area (TPSA) is 56.8 Å². The van der Waals surface area contributed by atoms with E-state index in [2.05, 4.69) is 5.32 Å². The van der Waals surface area contributed by atoms with Crippen LogP contribution in [0.5, 0.6) is 5.75 Å². The summed E-state index contributed by atoms with van der Waals surface area (Å²) < 4.78 is 16.0. The lowest BCUT2D eigenvalue weighted by Crippen LogP contribution is -2.31. The Kier molecular flexibility index (Phi) is 7.44. The molecule has 2 aromatic rings. The average Bonchev–Trinajstić information content (AvgIpc) is 2.64. The Hall–Kier alpha value is -2.37. The molecule has 0 fully saturated rings. The molecule has 1 N–H and O–H groups in total. The first-order valence-electron chi connectivity index (χ1n) is 8.22. The van der Waals surface area contributed by atoms with E-state index >= 15 is 0 Å². The third-order valence-electron chi connectivity index (χ3n) is 3.88. The number of carbonyl (C=O) groups is 1. The molecule has 0 amide bonds. The minimum Gasteiger partial charge on any atom is -0.497 e. The minimum absolute atomic E-state index is 0.0162. The number of esters is 1. The van der Waals surface area contributed by atoms with Crippen LogP contribution in [0.1, 0.15) is 30.2 Å². The van der Waals surface area contributed by atoms with Gasteiger partial charge in [0.2, 0.25) is 0 Å². The van der Waals surface area contributed by atoms with Crippen LogP contribution >= 0.6 is 0 Å². The van der Waals surface area contributed by atoms with Crippen LogP contribution in [0.2, 0.25) is 0 Å². The number of rotatable bonds is 9. The van der Waals surface area contributed by atoms with E-state index in [1.807, 2.05) is 54.6 Å². The lowest BCUT2D eigenvalue weighted by Gasteiger charge is -2.23. The predicted molar refractivity (Wildman–Crippen MR) is 96.6 cm³/mol. The molecule has 0 saturated heterocycles. The highest BCUT2D eigenvalue weighted by Crippen LogP contribution is 2.22. The Morgan fingerprint density at radius 2 is 1.68 bits per heavy atom. The quantitative estimate of drug-likeness (QED) is 0.708. The first kappa shape index (κ1) is 19.0. The molecule has 0 aliphatic heterocycles. The Labute approximate surface area is 148 Å².